The van der Waals surface area contributed by atoms with Crippen molar-refractivity contribution in [3.8, 4) is 17.2 Å². The molecule has 328 valence electrons. The lowest BCUT2D eigenvalue weighted by Crippen LogP contribution is -2.63. The normalized spacial score (nSPS) is 21.1. The Morgan fingerprint density at radius 2 is 1.56 bits per heavy atom. The lowest BCUT2D eigenvalue weighted by molar-refractivity contribution is -0.605. The second kappa shape index (κ2) is 19.2. The van der Waals surface area contributed by atoms with Crippen LogP contribution in [-0.2, 0) is 22.6 Å². The molecule has 4 aliphatic rings. The summed E-state index contributed by atoms with van der Waals surface area (Å²) in [5.74, 6) is -1.16. The second-order valence-corrected chi connectivity index (χ2v) is 17.1. The molecule has 9 rings (SSSR count). The number of pyridine rings is 1. The smallest absolute Gasteiger partial charge is 0.408 e. The highest BCUT2D eigenvalue weighted by Crippen LogP contribution is 2.44. The first-order valence-corrected chi connectivity index (χ1v) is 21.6. The number of methoxy groups -OCH3 is 2. The zero-order chi connectivity index (χ0) is 44.2. The predicted molar refractivity (Wildman–Crippen MR) is 235 cm³/mol. The Kier molecular flexibility index (Phi) is 13.3. The third-order valence-corrected chi connectivity index (χ3v) is 13.1. The molecule has 0 aliphatic carbocycles. The van der Waals surface area contributed by atoms with E-state index in [1.807, 2.05) is 60.7 Å². The molecule has 2 N–H and O–H groups in total. The molecule has 0 saturated carbocycles. The molecule has 4 saturated heterocycles. The van der Waals surface area contributed by atoms with Crippen molar-refractivity contribution in [1.29, 1.82) is 0 Å². The number of aliphatic carboxylic acids is 1. The standard InChI is InChI=1S/C48H48Cl2N4O9/c1-60-41-15-14-32(22-42(41)61-2)36(23-37-39(49)25-53(59)26-40(37)50)45-38(47(56)57)24-54(45)46(55)34-12-6-8-29(20-34)28-62-35-13-7-11-33(21-35)44(31-9-4-3-5-10-31)51-48(58)63-43-27-52-18-16-30(43)17-19-52/h3-15,20-22,25-26,30,36,38,43-45H,16-19,23-24,27-28H2,1-2H3,(H,51,58)(H,56,57)/t36-,38?,43-,44-,45?/m0/s1. The average molecular weight is 896 g/mol. The maximum atomic E-state index is 14.4. The van der Waals surface area contributed by atoms with Gasteiger partial charge in [0.25, 0.3) is 5.91 Å². The zero-order valence-corrected chi connectivity index (χ0v) is 36.3. The van der Waals surface area contributed by atoms with Crippen molar-refractivity contribution in [2.75, 3.05) is 40.4 Å². The van der Waals surface area contributed by atoms with Gasteiger partial charge in [-0.05, 0) is 96.9 Å². The molecule has 5 atom stereocenters. The average Bonchev–Trinajstić information content (AvgIpc) is 3.28. The van der Waals surface area contributed by atoms with Crippen LogP contribution in [0.15, 0.2) is 109 Å². The Labute approximate surface area is 375 Å². The van der Waals surface area contributed by atoms with Gasteiger partial charge >= 0.3 is 12.1 Å². The molecule has 4 aliphatic heterocycles. The molecule has 0 spiro atoms. The second-order valence-electron chi connectivity index (χ2n) is 16.2. The summed E-state index contributed by atoms with van der Waals surface area (Å²) in [6.45, 7) is 2.95. The first-order valence-electron chi connectivity index (χ1n) is 20.9. The van der Waals surface area contributed by atoms with E-state index < -0.39 is 36.0 Å². The third-order valence-electron chi connectivity index (χ3n) is 12.5. The van der Waals surface area contributed by atoms with Crippen molar-refractivity contribution in [2.45, 2.75) is 50.0 Å². The van der Waals surface area contributed by atoms with E-state index in [-0.39, 0.29) is 41.6 Å². The van der Waals surface area contributed by atoms with Crippen LogP contribution in [-0.4, -0.2) is 85.4 Å². The number of fused-ring (bicyclic) bond motifs is 3. The van der Waals surface area contributed by atoms with Gasteiger partial charge in [0.1, 0.15) is 28.5 Å². The van der Waals surface area contributed by atoms with Crippen LogP contribution in [0, 0.1) is 17.0 Å². The molecule has 5 aromatic rings. The number of benzene rings is 4. The molecule has 2 amide bonds. The summed E-state index contributed by atoms with van der Waals surface area (Å²) in [4.78, 5) is 44.5. The van der Waals surface area contributed by atoms with Gasteiger partial charge in [0.2, 0.25) is 0 Å². The fraction of sp³-hybridized carbons (Fsp3) is 0.333. The number of carboxylic acids is 1. The number of piperidine rings is 3. The number of nitrogens with one attached hydrogen (secondary N) is 1. The van der Waals surface area contributed by atoms with Gasteiger partial charge in [-0.3, -0.25) is 14.5 Å². The van der Waals surface area contributed by atoms with Gasteiger partial charge in [-0.15, -0.1) is 0 Å². The van der Waals surface area contributed by atoms with E-state index in [0.717, 1.165) is 43.6 Å². The van der Waals surface area contributed by atoms with Crippen LogP contribution in [0.2, 0.25) is 10.0 Å². The molecule has 13 nitrogen and oxygen atoms in total. The van der Waals surface area contributed by atoms with E-state index >= 15 is 0 Å². The zero-order valence-electron chi connectivity index (χ0n) is 34.8. The van der Waals surface area contributed by atoms with Crippen LogP contribution in [0.3, 0.4) is 0 Å². The third kappa shape index (κ3) is 9.65. The number of aromatic nitrogens is 1. The minimum atomic E-state index is -1.06. The number of hydrogen-bond acceptors (Lipinski definition) is 9. The van der Waals surface area contributed by atoms with Crippen LogP contribution in [0.4, 0.5) is 4.79 Å². The Morgan fingerprint density at radius 1 is 0.841 bits per heavy atom. The van der Waals surface area contributed by atoms with E-state index in [2.05, 4.69) is 10.2 Å². The molecular formula is C48H48Cl2N4O9. The van der Waals surface area contributed by atoms with Crippen molar-refractivity contribution in [3.05, 3.63) is 158 Å². The fourth-order valence-electron chi connectivity index (χ4n) is 9.17. The van der Waals surface area contributed by atoms with E-state index in [1.54, 1.807) is 41.3 Å². The van der Waals surface area contributed by atoms with Crippen molar-refractivity contribution in [1.82, 2.24) is 15.1 Å². The van der Waals surface area contributed by atoms with E-state index in [1.165, 1.54) is 26.6 Å². The molecule has 4 fully saturated rings. The number of carboxylic acid groups (broad SMARTS) is 1. The maximum Gasteiger partial charge on any atom is 0.408 e. The number of alkyl carbamates (subject to hydrolysis) is 1. The highest BCUT2D eigenvalue weighted by atomic mass is 35.5. The number of ether oxygens (including phenoxy) is 4. The summed E-state index contributed by atoms with van der Waals surface area (Å²) in [5, 5.41) is 25.9. The van der Waals surface area contributed by atoms with Gasteiger partial charge in [0.05, 0.1) is 32.2 Å². The number of rotatable bonds is 15. The first kappa shape index (κ1) is 43.6. The van der Waals surface area contributed by atoms with Crippen molar-refractivity contribution >= 4 is 41.2 Å². The van der Waals surface area contributed by atoms with E-state index in [9.17, 15) is 24.7 Å². The lowest BCUT2D eigenvalue weighted by atomic mass is 9.73. The number of nitrogens with zero attached hydrogens (tertiary/aromatic N) is 3. The molecular weight excluding hydrogens is 847 g/mol. The lowest BCUT2D eigenvalue weighted by Gasteiger charge is -2.50. The monoisotopic (exact) mass is 894 g/mol. The van der Waals surface area contributed by atoms with Crippen molar-refractivity contribution < 1.29 is 43.2 Å². The van der Waals surface area contributed by atoms with Gasteiger partial charge in [-0.1, -0.05) is 83.9 Å². The minimum absolute atomic E-state index is 0.0310. The highest BCUT2D eigenvalue weighted by Gasteiger charge is 2.51. The number of carbonyl (C=O) groups is 3. The Bertz CT molecular complexity index is 2440. The van der Waals surface area contributed by atoms with Gasteiger partial charge in [0, 0.05) is 30.1 Å². The van der Waals surface area contributed by atoms with E-state index in [0.29, 0.717) is 50.2 Å². The Hall–Kier alpha value is -6.02. The van der Waals surface area contributed by atoms with Gasteiger partial charge in [0.15, 0.2) is 23.9 Å². The van der Waals surface area contributed by atoms with Crippen LogP contribution < -0.4 is 24.3 Å². The molecule has 63 heavy (non-hydrogen) atoms. The van der Waals surface area contributed by atoms with Crippen molar-refractivity contribution in [2.24, 2.45) is 11.8 Å². The summed E-state index contributed by atoms with van der Waals surface area (Å²) >= 11 is 13.1. The largest absolute Gasteiger partial charge is 0.619 e. The maximum absolute atomic E-state index is 14.4. The SMILES string of the molecule is COc1ccc([C@H](Cc2c(Cl)c[n+]([O-])cc2Cl)C2C(C(=O)O)CN2C(=O)c2cccc(COc3cccc([C@@H](NC(=O)O[C@H]4CN5CCC4CC5)c4ccccc4)c3)c2)cc1OC. The number of hydrogen-bond donors (Lipinski definition) is 2. The minimum Gasteiger partial charge on any atom is -0.619 e. The molecule has 2 bridgehead atoms. The summed E-state index contributed by atoms with van der Waals surface area (Å²) < 4.78 is 23.8. The first-order chi connectivity index (χ1) is 30.5. The number of amides is 2. The Morgan fingerprint density at radius 3 is 2.24 bits per heavy atom. The topological polar surface area (TPSA) is 154 Å². The fourth-order valence-corrected chi connectivity index (χ4v) is 9.77. The van der Waals surface area contributed by atoms with Gasteiger partial charge in [-0.25, -0.2) is 4.79 Å². The Balaban J connectivity index is 1.01. The molecule has 2 unspecified atom stereocenters. The predicted octanol–water partition coefficient (Wildman–Crippen LogP) is 7.68. The van der Waals surface area contributed by atoms with Crippen LogP contribution in [0.25, 0.3) is 0 Å². The summed E-state index contributed by atoms with van der Waals surface area (Å²) in [5.41, 5.74) is 3.85. The molecule has 5 heterocycles. The molecule has 15 heteroatoms. The quantitative estimate of drug-likeness (QED) is 0.0791. The highest BCUT2D eigenvalue weighted by molar-refractivity contribution is 6.35. The molecule has 0 radical (unpaired) electrons. The van der Waals surface area contributed by atoms with Crippen LogP contribution in [0.1, 0.15) is 63.0 Å². The number of likely N-dealkylation sites (tertiary alicyclic amines) is 1. The molecule has 4 aromatic carbocycles. The van der Waals surface area contributed by atoms with Crippen LogP contribution in [0.5, 0.6) is 17.2 Å². The van der Waals surface area contributed by atoms with Gasteiger partial charge in [-0.2, -0.15) is 4.73 Å². The number of halogens is 2. The van der Waals surface area contributed by atoms with Crippen molar-refractivity contribution in [3.63, 3.8) is 0 Å². The summed E-state index contributed by atoms with van der Waals surface area (Å²) in [6, 6.07) is 28.2. The van der Waals surface area contributed by atoms with Crippen LogP contribution >= 0.6 is 23.2 Å². The number of carbonyl (C=O) groups excluding carboxylic acids is 2. The van der Waals surface area contributed by atoms with Gasteiger partial charge < -0.3 is 39.5 Å². The summed E-state index contributed by atoms with van der Waals surface area (Å²) in [6.07, 6.45) is 3.96. The van der Waals surface area contributed by atoms with E-state index in [4.69, 9.17) is 42.1 Å². The summed E-state index contributed by atoms with van der Waals surface area (Å²) in [7, 11) is 3.01. The molecule has 1 aromatic heterocycles.